The minimum Gasteiger partial charge on any atom is -0.504 e. The van der Waals surface area contributed by atoms with Crippen LogP contribution in [0.25, 0.3) is 0 Å². The van der Waals surface area contributed by atoms with Crippen molar-refractivity contribution in [3.8, 4) is 11.5 Å². The first kappa shape index (κ1) is 16.6. The fraction of sp³-hybridized carbons (Fsp3) is 0.333. The van der Waals surface area contributed by atoms with Crippen molar-refractivity contribution in [2.24, 2.45) is 5.92 Å². The summed E-state index contributed by atoms with van der Waals surface area (Å²) in [4.78, 5) is 26.8. The first-order valence-corrected chi connectivity index (χ1v) is 8.16. The molecular formula is C18H17FN2O5. The highest BCUT2D eigenvalue weighted by atomic mass is 19.1. The number of carbonyl (C=O) groups excluding carboxylic acids is 1. The Balaban J connectivity index is 1.78. The Labute approximate surface area is 147 Å². The Morgan fingerprint density at radius 3 is 2.50 bits per heavy atom. The number of carbonyl (C=O) groups is 1. The molecule has 1 aromatic carbocycles. The second-order valence-corrected chi connectivity index (χ2v) is 6.59. The van der Waals surface area contributed by atoms with Crippen molar-refractivity contribution in [2.45, 2.75) is 18.6 Å². The first-order valence-electron chi connectivity index (χ1n) is 8.16. The third-order valence-electron chi connectivity index (χ3n) is 5.04. The molecule has 2 heterocycles. The number of aromatic hydroxyl groups is 2. The molecule has 0 saturated heterocycles. The highest BCUT2D eigenvalue weighted by molar-refractivity contribution is 5.97. The summed E-state index contributed by atoms with van der Waals surface area (Å²) in [6.07, 6.45) is 0. The van der Waals surface area contributed by atoms with Crippen molar-refractivity contribution in [2.75, 3.05) is 13.7 Å². The normalized spacial score (nSPS) is 23.5. The summed E-state index contributed by atoms with van der Waals surface area (Å²) in [5, 5.41) is 19.9. The average molecular weight is 360 g/mol. The van der Waals surface area contributed by atoms with E-state index >= 15 is 0 Å². The maximum atomic E-state index is 13.1. The number of aromatic nitrogens is 1. The number of pyridine rings is 1. The smallest absolute Gasteiger partial charge is 0.275 e. The van der Waals surface area contributed by atoms with Crippen LogP contribution in [0.15, 0.2) is 35.1 Å². The van der Waals surface area contributed by atoms with Crippen molar-refractivity contribution < 1.29 is 24.1 Å². The second kappa shape index (κ2) is 5.84. The van der Waals surface area contributed by atoms with Gasteiger partial charge in [0.05, 0.1) is 18.7 Å². The van der Waals surface area contributed by atoms with Gasteiger partial charge in [-0.25, -0.2) is 4.39 Å². The van der Waals surface area contributed by atoms with Gasteiger partial charge in [-0.05, 0) is 17.7 Å². The van der Waals surface area contributed by atoms with Gasteiger partial charge in [0.25, 0.3) is 11.5 Å². The van der Waals surface area contributed by atoms with E-state index in [1.54, 1.807) is 12.1 Å². The SMILES string of the molecule is COCC1C2C1n1c(c(O)c(O)cc1=O)C(=O)N2Cc1ccc(F)cc1. The summed E-state index contributed by atoms with van der Waals surface area (Å²) in [6, 6.07) is 6.08. The van der Waals surface area contributed by atoms with Gasteiger partial charge in [-0.3, -0.25) is 14.2 Å². The molecule has 3 atom stereocenters. The molecule has 3 unspecified atom stereocenters. The zero-order valence-corrected chi connectivity index (χ0v) is 13.9. The molecule has 0 radical (unpaired) electrons. The minimum atomic E-state index is -0.626. The quantitative estimate of drug-likeness (QED) is 0.856. The summed E-state index contributed by atoms with van der Waals surface area (Å²) in [5.74, 6) is -2.27. The molecule has 7 nitrogen and oxygen atoms in total. The number of hydrogen-bond acceptors (Lipinski definition) is 5. The molecule has 1 fully saturated rings. The zero-order chi connectivity index (χ0) is 18.6. The van der Waals surface area contributed by atoms with Gasteiger partial charge in [-0.2, -0.15) is 0 Å². The van der Waals surface area contributed by atoms with Crippen molar-refractivity contribution >= 4 is 5.91 Å². The van der Waals surface area contributed by atoms with Gasteiger partial charge in [-0.15, -0.1) is 0 Å². The lowest BCUT2D eigenvalue weighted by Crippen LogP contribution is -2.42. The van der Waals surface area contributed by atoms with Gasteiger partial charge in [0.2, 0.25) is 0 Å². The fourth-order valence-electron chi connectivity index (χ4n) is 3.82. The summed E-state index contributed by atoms with van der Waals surface area (Å²) in [7, 11) is 1.54. The lowest BCUT2D eigenvalue weighted by Gasteiger charge is -2.29. The molecule has 2 aromatic rings. The molecule has 8 heteroatoms. The van der Waals surface area contributed by atoms with Crippen molar-refractivity contribution in [3.63, 3.8) is 0 Å². The number of rotatable bonds is 4. The molecule has 2 aliphatic rings. The predicted molar refractivity (Wildman–Crippen MR) is 88.5 cm³/mol. The molecule has 2 N–H and O–H groups in total. The molecular weight excluding hydrogens is 343 g/mol. The Morgan fingerprint density at radius 2 is 1.85 bits per heavy atom. The van der Waals surface area contributed by atoms with Crippen LogP contribution in [0.1, 0.15) is 22.1 Å². The van der Waals surface area contributed by atoms with E-state index in [0.29, 0.717) is 6.61 Å². The average Bonchev–Trinajstić information content (AvgIpc) is 3.30. The first-order chi connectivity index (χ1) is 12.4. The van der Waals surface area contributed by atoms with E-state index < -0.39 is 23.0 Å². The summed E-state index contributed by atoms with van der Waals surface area (Å²) in [6.45, 7) is 0.541. The third kappa shape index (κ3) is 2.37. The van der Waals surface area contributed by atoms with Crippen LogP contribution in [0.3, 0.4) is 0 Å². The largest absolute Gasteiger partial charge is 0.504 e. The molecule has 1 aliphatic carbocycles. The van der Waals surface area contributed by atoms with E-state index in [-0.39, 0.29) is 36.1 Å². The number of halogens is 1. The van der Waals surface area contributed by atoms with Crippen molar-refractivity contribution in [1.82, 2.24) is 9.47 Å². The van der Waals surface area contributed by atoms with Crippen LogP contribution in [-0.4, -0.2) is 45.3 Å². The highest BCUT2D eigenvalue weighted by Gasteiger charge is 2.61. The molecule has 1 saturated carbocycles. The van der Waals surface area contributed by atoms with Crippen LogP contribution in [0.5, 0.6) is 11.5 Å². The fourth-order valence-corrected chi connectivity index (χ4v) is 3.82. The van der Waals surface area contributed by atoms with E-state index in [4.69, 9.17) is 4.74 Å². The Bertz CT molecular complexity index is 940. The molecule has 136 valence electrons. The lowest BCUT2D eigenvalue weighted by atomic mass is 10.1. The zero-order valence-electron chi connectivity index (χ0n) is 13.9. The maximum Gasteiger partial charge on any atom is 0.275 e. The van der Waals surface area contributed by atoms with Crippen LogP contribution < -0.4 is 5.56 Å². The number of amides is 1. The van der Waals surface area contributed by atoms with E-state index in [2.05, 4.69) is 0 Å². The predicted octanol–water partition coefficient (Wildman–Crippen LogP) is 1.24. The second-order valence-electron chi connectivity index (χ2n) is 6.59. The van der Waals surface area contributed by atoms with Gasteiger partial charge in [0.1, 0.15) is 5.82 Å². The molecule has 26 heavy (non-hydrogen) atoms. The van der Waals surface area contributed by atoms with Crippen molar-refractivity contribution in [3.05, 3.63) is 57.8 Å². The van der Waals surface area contributed by atoms with Crippen LogP contribution >= 0.6 is 0 Å². The van der Waals surface area contributed by atoms with E-state index in [0.717, 1.165) is 11.6 Å². The summed E-state index contributed by atoms with van der Waals surface area (Å²) >= 11 is 0. The van der Waals surface area contributed by atoms with Gasteiger partial charge >= 0.3 is 0 Å². The van der Waals surface area contributed by atoms with Gasteiger partial charge < -0.3 is 19.8 Å². The van der Waals surface area contributed by atoms with Gasteiger partial charge in [0, 0.05) is 25.6 Å². The van der Waals surface area contributed by atoms with Crippen molar-refractivity contribution in [1.29, 1.82) is 0 Å². The summed E-state index contributed by atoms with van der Waals surface area (Å²) in [5.41, 5.74) is -0.0485. The monoisotopic (exact) mass is 360 g/mol. The van der Waals surface area contributed by atoms with E-state index in [1.807, 2.05) is 0 Å². The molecule has 1 aromatic heterocycles. The standard InChI is InChI=1S/C18H17FN2O5/c1-26-8-11-14-15(11)21-13(23)6-12(22)17(24)16(21)18(25)20(14)7-9-2-4-10(19)5-3-9/h2-6,11,14-15,22,24H,7-8H2,1H3. The number of methoxy groups -OCH3 is 1. The lowest BCUT2D eigenvalue weighted by molar-refractivity contribution is 0.0660. The summed E-state index contributed by atoms with van der Waals surface area (Å²) < 4.78 is 19.6. The Morgan fingerprint density at radius 1 is 1.15 bits per heavy atom. The molecule has 1 aliphatic heterocycles. The third-order valence-corrected chi connectivity index (χ3v) is 5.04. The Hall–Kier alpha value is -2.87. The van der Waals surface area contributed by atoms with Crippen LogP contribution in [0.2, 0.25) is 0 Å². The number of nitrogens with zero attached hydrogens (tertiary/aromatic N) is 2. The van der Waals surface area contributed by atoms with Gasteiger partial charge in [0.15, 0.2) is 17.2 Å². The highest BCUT2D eigenvalue weighted by Crippen LogP contribution is 2.52. The molecule has 1 amide bonds. The van der Waals surface area contributed by atoms with Crippen LogP contribution in [-0.2, 0) is 11.3 Å². The number of fused-ring (bicyclic) bond motifs is 3. The minimum absolute atomic E-state index is 0.104. The number of hydrogen-bond donors (Lipinski definition) is 2. The molecule has 4 rings (SSSR count). The van der Waals surface area contributed by atoms with Crippen LogP contribution in [0, 0.1) is 11.7 Å². The number of benzene rings is 1. The van der Waals surface area contributed by atoms with E-state index in [1.165, 1.54) is 28.7 Å². The topological polar surface area (TPSA) is 92.0 Å². The van der Waals surface area contributed by atoms with Gasteiger partial charge in [-0.1, -0.05) is 12.1 Å². The molecule has 0 bridgehead atoms. The number of ether oxygens (including phenoxy) is 1. The maximum absolute atomic E-state index is 13.1. The molecule has 0 spiro atoms. The van der Waals surface area contributed by atoms with E-state index in [9.17, 15) is 24.2 Å². The Kier molecular flexibility index (Phi) is 3.73. The van der Waals surface area contributed by atoms with Crippen LogP contribution in [0.4, 0.5) is 4.39 Å².